The highest BCUT2D eigenvalue weighted by atomic mass is 16.6. The third kappa shape index (κ3) is 5.63. The molecule has 0 saturated heterocycles. The second-order valence-corrected chi connectivity index (χ2v) is 7.13. The first-order chi connectivity index (χ1) is 13.6. The highest BCUT2D eigenvalue weighted by molar-refractivity contribution is 5.81. The summed E-state index contributed by atoms with van der Waals surface area (Å²) >= 11 is 0. The molecular weight excluding hydrogens is 376 g/mol. The first-order valence-electron chi connectivity index (χ1n) is 9.31. The SMILES string of the molecule is Cc1nn(C)c(C)c1CC(=O)NC(CC(=O)OC(C)C)c1ccccc1[N+](=O)[O-]. The van der Waals surface area contributed by atoms with E-state index in [-0.39, 0.29) is 36.1 Å². The fourth-order valence-electron chi connectivity index (χ4n) is 3.14. The number of nitrogens with one attached hydrogen (secondary N) is 1. The van der Waals surface area contributed by atoms with Gasteiger partial charge in [0, 0.05) is 24.4 Å². The van der Waals surface area contributed by atoms with Crippen LogP contribution in [0.4, 0.5) is 5.69 Å². The van der Waals surface area contributed by atoms with Crippen LogP contribution < -0.4 is 5.32 Å². The van der Waals surface area contributed by atoms with Crippen molar-refractivity contribution in [3.8, 4) is 0 Å². The summed E-state index contributed by atoms with van der Waals surface area (Å²) in [5.74, 6) is -0.901. The number of rotatable bonds is 8. The van der Waals surface area contributed by atoms with Gasteiger partial charge in [0.05, 0.1) is 41.2 Å². The zero-order valence-corrected chi connectivity index (χ0v) is 17.3. The Hall–Kier alpha value is -3.23. The topological polar surface area (TPSA) is 116 Å². The minimum absolute atomic E-state index is 0.0574. The first-order valence-corrected chi connectivity index (χ1v) is 9.31. The summed E-state index contributed by atoms with van der Waals surface area (Å²) in [5.41, 5.74) is 2.48. The molecule has 0 spiro atoms. The smallest absolute Gasteiger partial charge is 0.308 e. The van der Waals surface area contributed by atoms with Crippen LogP contribution in [0, 0.1) is 24.0 Å². The molecule has 0 radical (unpaired) electrons. The van der Waals surface area contributed by atoms with Gasteiger partial charge in [-0.05, 0) is 27.7 Å². The van der Waals surface area contributed by atoms with Crippen molar-refractivity contribution in [2.24, 2.45) is 7.05 Å². The first kappa shape index (κ1) is 22.1. The summed E-state index contributed by atoms with van der Waals surface area (Å²) in [4.78, 5) is 35.8. The molecule has 9 heteroatoms. The van der Waals surface area contributed by atoms with E-state index in [1.54, 1.807) is 31.6 Å². The van der Waals surface area contributed by atoms with Gasteiger partial charge < -0.3 is 10.1 Å². The van der Waals surface area contributed by atoms with Gasteiger partial charge in [-0.1, -0.05) is 18.2 Å². The minimum atomic E-state index is -0.882. The lowest BCUT2D eigenvalue weighted by Crippen LogP contribution is -2.32. The van der Waals surface area contributed by atoms with Gasteiger partial charge in [0.2, 0.25) is 5.91 Å². The van der Waals surface area contributed by atoms with E-state index in [1.807, 2.05) is 13.8 Å². The molecule has 0 bridgehead atoms. The highest BCUT2D eigenvalue weighted by Crippen LogP contribution is 2.28. The lowest BCUT2D eigenvalue weighted by Gasteiger charge is -2.19. The van der Waals surface area contributed by atoms with Gasteiger partial charge in [0.15, 0.2) is 0 Å². The molecule has 1 heterocycles. The molecule has 156 valence electrons. The fraction of sp³-hybridized carbons (Fsp3) is 0.450. The molecule has 29 heavy (non-hydrogen) atoms. The van der Waals surface area contributed by atoms with Crippen LogP contribution in [-0.2, 0) is 27.8 Å². The van der Waals surface area contributed by atoms with E-state index in [1.165, 1.54) is 18.2 Å². The average molecular weight is 402 g/mol. The zero-order chi connectivity index (χ0) is 21.7. The van der Waals surface area contributed by atoms with Gasteiger partial charge in [-0.15, -0.1) is 0 Å². The number of aromatic nitrogens is 2. The molecule has 1 atom stereocenters. The van der Waals surface area contributed by atoms with E-state index < -0.39 is 16.9 Å². The normalized spacial score (nSPS) is 11.9. The third-order valence-corrected chi connectivity index (χ3v) is 4.58. The van der Waals surface area contributed by atoms with Crippen LogP contribution in [0.25, 0.3) is 0 Å². The van der Waals surface area contributed by atoms with E-state index in [2.05, 4.69) is 10.4 Å². The second-order valence-electron chi connectivity index (χ2n) is 7.13. The summed E-state index contributed by atoms with van der Waals surface area (Å²) in [6, 6.07) is 5.16. The third-order valence-electron chi connectivity index (χ3n) is 4.58. The van der Waals surface area contributed by atoms with Crippen molar-refractivity contribution in [2.45, 2.75) is 52.7 Å². The van der Waals surface area contributed by atoms with Crippen LogP contribution >= 0.6 is 0 Å². The van der Waals surface area contributed by atoms with Crippen molar-refractivity contribution in [1.82, 2.24) is 15.1 Å². The highest BCUT2D eigenvalue weighted by Gasteiger charge is 2.27. The van der Waals surface area contributed by atoms with Crippen LogP contribution in [0.2, 0.25) is 0 Å². The molecule has 1 unspecified atom stereocenters. The molecule has 1 amide bonds. The number of hydrogen-bond donors (Lipinski definition) is 1. The maximum atomic E-state index is 12.7. The summed E-state index contributed by atoms with van der Waals surface area (Å²) < 4.78 is 6.86. The Morgan fingerprint density at radius 1 is 1.28 bits per heavy atom. The van der Waals surface area contributed by atoms with Gasteiger partial charge >= 0.3 is 5.97 Å². The number of esters is 1. The Morgan fingerprint density at radius 3 is 2.48 bits per heavy atom. The van der Waals surface area contributed by atoms with E-state index in [9.17, 15) is 19.7 Å². The molecule has 0 aliphatic carbocycles. The number of carbonyl (C=O) groups excluding carboxylic acids is 2. The number of amides is 1. The minimum Gasteiger partial charge on any atom is -0.463 e. The van der Waals surface area contributed by atoms with Crippen LogP contribution in [0.15, 0.2) is 24.3 Å². The van der Waals surface area contributed by atoms with E-state index >= 15 is 0 Å². The molecule has 2 rings (SSSR count). The quantitative estimate of drug-likeness (QED) is 0.412. The monoisotopic (exact) mass is 402 g/mol. The molecule has 1 aromatic heterocycles. The lowest BCUT2D eigenvalue weighted by molar-refractivity contribution is -0.385. The number of nitro groups is 1. The molecule has 0 fully saturated rings. The van der Waals surface area contributed by atoms with Crippen LogP contribution in [0.5, 0.6) is 0 Å². The second kappa shape index (κ2) is 9.31. The van der Waals surface area contributed by atoms with Gasteiger partial charge in [-0.3, -0.25) is 24.4 Å². The predicted octanol–water partition coefficient (Wildman–Crippen LogP) is 2.69. The summed E-state index contributed by atoms with van der Waals surface area (Å²) in [7, 11) is 1.79. The Balaban J connectivity index is 2.29. The number of aryl methyl sites for hydroxylation is 2. The number of nitrogens with zero attached hydrogens (tertiary/aromatic N) is 3. The van der Waals surface area contributed by atoms with Crippen molar-refractivity contribution in [3.63, 3.8) is 0 Å². The summed E-state index contributed by atoms with van der Waals surface area (Å²) in [6.07, 6.45) is -0.480. The summed E-state index contributed by atoms with van der Waals surface area (Å²) in [5, 5.41) is 18.5. The van der Waals surface area contributed by atoms with Crippen LogP contribution in [0.1, 0.15) is 48.8 Å². The molecule has 1 aromatic carbocycles. The van der Waals surface area contributed by atoms with Gasteiger partial charge in [-0.25, -0.2) is 0 Å². The average Bonchev–Trinajstić information content (AvgIpc) is 2.86. The number of para-hydroxylation sites is 1. The summed E-state index contributed by atoms with van der Waals surface area (Å²) in [6.45, 7) is 7.10. The fourth-order valence-corrected chi connectivity index (χ4v) is 3.14. The standard InChI is InChI=1S/C20H26N4O5/c1-12(2)29-20(26)11-17(15-8-6-7-9-18(15)24(27)28)21-19(25)10-16-13(3)22-23(5)14(16)4/h6-9,12,17H,10-11H2,1-5H3,(H,21,25). The van der Waals surface area contributed by atoms with Crippen molar-refractivity contribution in [1.29, 1.82) is 0 Å². The Kier molecular flexibility index (Phi) is 7.08. The van der Waals surface area contributed by atoms with Crippen LogP contribution in [0.3, 0.4) is 0 Å². The molecule has 1 N–H and O–H groups in total. The number of benzene rings is 1. The molecule has 2 aromatic rings. The van der Waals surface area contributed by atoms with Crippen molar-refractivity contribution in [3.05, 3.63) is 56.9 Å². The maximum Gasteiger partial charge on any atom is 0.308 e. The molecule has 0 saturated carbocycles. The van der Waals surface area contributed by atoms with Gasteiger partial charge in [0.1, 0.15) is 0 Å². The van der Waals surface area contributed by atoms with E-state index in [0.717, 1.165) is 17.0 Å². The van der Waals surface area contributed by atoms with Crippen molar-refractivity contribution >= 4 is 17.6 Å². The number of nitro benzene ring substituents is 1. The Labute approximate surface area is 169 Å². The van der Waals surface area contributed by atoms with E-state index in [0.29, 0.717) is 0 Å². The predicted molar refractivity (Wildman–Crippen MR) is 106 cm³/mol. The van der Waals surface area contributed by atoms with E-state index in [4.69, 9.17) is 4.74 Å². The molecule has 0 aliphatic heterocycles. The molecule has 0 aliphatic rings. The van der Waals surface area contributed by atoms with Crippen LogP contribution in [-0.4, -0.2) is 32.7 Å². The van der Waals surface area contributed by atoms with Gasteiger partial charge in [0.25, 0.3) is 5.69 Å². The Morgan fingerprint density at radius 2 is 1.93 bits per heavy atom. The zero-order valence-electron chi connectivity index (χ0n) is 17.3. The molecular formula is C20H26N4O5. The Bertz CT molecular complexity index is 920. The molecule has 9 nitrogen and oxygen atoms in total. The largest absolute Gasteiger partial charge is 0.463 e. The van der Waals surface area contributed by atoms with Crippen molar-refractivity contribution < 1.29 is 19.2 Å². The lowest BCUT2D eigenvalue weighted by atomic mass is 10.0. The van der Waals surface area contributed by atoms with Gasteiger partial charge in [-0.2, -0.15) is 5.10 Å². The number of hydrogen-bond acceptors (Lipinski definition) is 6. The number of carbonyl (C=O) groups is 2. The number of ether oxygens (including phenoxy) is 1. The maximum absolute atomic E-state index is 12.7. The van der Waals surface area contributed by atoms with Crippen molar-refractivity contribution in [2.75, 3.05) is 0 Å².